The Morgan fingerprint density at radius 1 is 1.33 bits per heavy atom. The van der Waals surface area contributed by atoms with Gasteiger partial charge in [0.05, 0.1) is 6.10 Å². The molecule has 0 aromatic heterocycles. The second kappa shape index (κ2) is 4.80. The molecule has 5 aliphatic rings. The molecule has 5 rings (SSSR count). The summed E-state index contributed by atoms with van der Waals surface area (Å²) in [5, 5.41) is 11.2. The largest absolute Gasteiger partial charge is 0.382 e. The van der Waals surface area contributed by atoms with Crippen molar-refractivity contribution < 1.29 is 23.8 Å². The van der Waals surface area contributed by atoms with Crippen LogP contribution in [0.25, 0.3) is 0 Å². The number of fused-ring (bicyclic) bond motifs is 3. The fraction of sp³-hybridized carbons (Fsp3) is 0.727. The molecule has 4 aliphatic carbocycles. The van der Waals surface area contributed by atoms with Crippen molar-refractivity contribution in [2.75, 3.05) is 0 Å². The van der Waals surface area contributed by atoms with Crippen LogP contribution in [0.1, 0.15) is 53.4 Å². The van der Waals surface area contributed by atoms with Crippen molar-refractivity contribution in [2.45, 2.75) is 76.9 Å². The van der Waals surface area contributed by atoms with Crippen LogP contribution in [0.3, 0.4) is 0 Å². The molecule has 4 fully saturated rings. The molecule has 146 valence electrons. The molecular formula is C22H27FO4. The number of ketones is 2. The molecule has 4 nitrogen and oxygen atoms in total. The minimum absolute atomic E-state index is 0.0353. The second-order valence-electron chi connectivity index (χ2n) is 9.89. The van der Waals surface area contributed by atoms with E-state index in [9.17, 15) is 14.7 Å². The summed E-state index contributed by atoms with van der Waals surface area (Å²) in [5.41, 5.74) is -1.93. The lowest BCUT2D eigenvalue weighted by atomic mass is 9.46. The van der Waals surface area contributed by atoms with E-state index in [0.29, 0.717) is 36.8 Å². The summed E-state index contributed by atoms with van der Waals surface area (Å²) in [6.07, 6.45) is 4.13. The van der Waals surface area contributed by atoms with Crippen LogP contribution in [-0.2, 0) is 14.3 Å². The van der Waals surface area contributed by atoms with Gasteiger partial charge in [0.25, 0.3) is 0 Å². The van der Waals surface area contributed by atoms with Gasteiger partial charge in [-0.2, -0.15) is 0 Å². The minimum atomic E-state index is -1.35. The molecule has 1 N–H and O–H groups in total. The number of epoxide rings is 1. The van der Waals surface area contributed by atoms with Gasteiger partial charge in [-0.05, 0) is 75.5 Å². The van der Waals surface area contributed by atoms with E-state index in [4.69, 9.17) is 4.74 Å². The first-order valence-electron chi connectivity index (χ1n) is 10.0. The number of hydrogen-bond donors (Lipinski definition) is 1. The molecule has 0 aromatic rings. The normalized spacial score (nSPS) is 55.6. The highest BCUT2D eigenvalue weighted by Gasteiger charge is 2.82. The first-order valence-corrected chi connectivity index (χ1v) is 10.0. The van der Waals surface area contributed by atoms with E-state index in [1.807, 2.05) is 19.9 Å². The predicted molar refractivity (Wildman–Crippen MR) is 96.6 cm³/mol. The van der Waals surface area contributed by atoms with Gasteiger partial charge < -0.3 is 9.84 Å². The van der Waals surface area contributed by atoms with Gasteiger partial charge in [-0.1, -0.05) is 13.0 Å². The number of carbonyl (C=O) groups excluding carboxylic acids is 2. The standard InChI is InChI=1S/C22H27FO4/c1-11-9-20(4)15(8-17(11)25)16(23)7-14-13-5-6-21(26,12(2)24)19(13,3)10-18-22(14,20)27-18/h8-9,13-14,16,18,26H,5-7,10H2,1-4H3/t13-,14-,16-,18+,19-,20-,21-,22-/m0/s1. The van der Waals surface area contributed by atoms with Crippen molar-refractivity contribution >= 4 is 11.6 Å². The van der Waals surface area contributed by atoms with Gasteiger partial charge >= 0.3 is 0 Å². The van der Waals surface area contributed by atoms with E-state index in [-0.39, 0.29) is 29.5 Å². The zero-order valence-electron chi connectivity index (χ0n) is 16.3. The Kier molecular flexibility index (Phi) is 3.15. The van der Waals surface area contributed by atoms with Gasteiger partial charge in [0.1, 0.15) is 17.4 Å². The summed E-state index contributed by atoms with van der Waals surface area (Å²) in [6.45, 7) is 7.23. The van der Waals surface area contributed by atoms with Gasteiger partial charge in [-0.3, -0.25) is 9.59 Å². The Labute approximate surface area is 158 Å². The maximum Gasteiger partial charge on any atom is 0.181 e. The third kappa shape index (κ3) is 1.73. The van der Waals surface area contributed by atoms with Gasteiger partial charge in [0.2, 0.25) is 0 Å². The van der Waals surface area contributed by atoms with Crippen LogP contribution in [0.2, 0.25) is 0 Å². The van der Waals surface area contributed by atoms with Crippen LogP contribution in [0.4, 0.5) is 4.39 Å². The molecule has 5 heteroatoms. The van der Waals surface area contributed by atoms with Gasteiger partial charge in [0.15, 0.2) is 11.6 Å². The zero-order chi connectivity index (χ0) is 19.6. The molecule has 1 heterocycles. The number of allylic oxidation sites excluding steroid dienone is 2. The molecule has 8 atom stereocenters. The number of halogens is 1. The number of aliphatic hydroxyl groups is 1. The molecule has 1 spiro atoms. The maximum atomic E-state index is 15.3. The number of carbonyl (C=O) groups is 2. The van der Waals surface area contributed by atoms with Crippen molar-refractivity contribution in [1.82, 2.24) is 0 Å². The summed E-state index contributed by atoms with van der Waals surface area (Å²) in [4.78, 5) is 24.5. The summed E-state index contributed by atoms with van der Waals surface area (Å²) in [6, 6.07) is 0. The summed E-state index contributed by atoms with van der Waals surface area (Å²) < 4.78 is 21.7. The molecule has 0 bridgehead atoms. The Balaban J connectivity index is 1.64. The van der Waals surface area contributed by atoms with Crippen molar-refractivity contribution in [3.63, 3.8) is 0 Å². The molecule has 0 amide bonds. The Bertz CT molecular complexity index is 845. The summed E-state index contributed by atoms with van der Waals surface area (Å²) in [7, 11) is 0. The SMILES string of the molecule is CC(=O)[C@@]1(O)CC[C@H]2[C@@H]3C[C@H](F)C4=CC(=O)C(C)=C[C@]4(C)[C@]34O[C@@H]4C[C@@]21C. The smallest absolute Gasteiger partial charge is 0.181 e. The topological polar surface area (TPSA) is 66.9 Å². The first kappa shape index (κ1) is 17.7. The van der Waals surface area contributed by atoms with Crippen LogP contribution >= 0.6 is 0 Å². The van der Waals surface area contributed by atoms with Crippen molar-refractivity contribution in [3.8, 4) is 0 Å². The lowest BCUT2D eigenvalue weighted by Crippen LogP contribution is -2.62. The lowest BCUT2D eigenvalue weighted by Gasteiger charge is -2.56. The van der Waals surface area contributed by atoms with E-state index in [1.165, 1.54) is 13.0 Å². The second-order valence-corrected chi connectivity index (χ2v) is 9.89. The highest BCUT2D eigenvalue weighted by atomic mass is 19.1. The summed E-state index contributed by atoms with van der Waals surface area (Å²) in [5.74, 6) is -0.346. The molecular weight excluding hydrogens is 347 g/mol. The average Bonchev–Trinajstić information content (AvgIpc) is 3.24. The molecule has 0 unspecified atom stereocenters. The maximum absolute atomic E-state index is 15.3. The lowest BCUT2D eigenvalue weighted by molar-refractivity contribution is -0.155. The molecule has 0 aromatic carbocycles. The monoisotopic (exact) mass is 374 g/mol. The third-order valence-corrected chi connectivity index (χ3v) is 8.96. The third-order valence-electron chi connectivity index (χ3n) is 8.96. The Morgan fingerprint density at radius 3 is 2.70 bits per heavy atom. The zero-order valence-corrected chi connectivity index (χ0v) is 16.3. The summed E-state index contributed by atoms with van der Waals surface area (Å²) >= 11 is 0. The predicted octanol–water partition coefficient (Wildman–Crippen LogP) is 3.08. The van der Waals surface area contributed by atoms with Crippen LogP contribution in [0.5, 0.6) is 0 Å². The fourth-order valence-electron chi connectivity index (χ4n) is 7.50. The van der Waals surface area contributed by atoms with Crippen LogP contribution in [0, 0.1) is 22.7 Å². The minimum Gasteiger partial charge on any atom is -0.382 e. The first-order chi connectivity index (χ1) is 12.5. The molecule has 3 saturated carbocycles. The van der Waals surface area contributed by atoms with E-state index in [1.54, 1.807) is 6.92 Å². The molecule has 27 heavy (non-hydrogen) atoms. The van der Waals surface area contributed by atoms with E-state index in [2.05, 4.69) is 0 Å². The number of ether oxygens (including phenoxy) is 1. The number of hydrogen-bond acceptors (Lipinski definition) is 4. The molecule has 1 saturated heterocycles. The van der Waals surface area contributed by atoms with Gasteiger partial charge in [-0.15, -0.1) is 0 Å². The number of rotatable bonds is 1. The number of Topliss-reactive ketones (excluding diaryl/α,β-unsaturated/α-hetero) is 1. The van der Waals surface area contributed by atoms with E-state index < -0.39 is 28.2 Å². The molecule has 0 radical (unpaired) electrons. The quantitative estimate of drug-likeness (QED) is 0.717. The fourth-order valence-corrected chi connectivity index (χ4v) is 7.50. The van der Waals surface area contributed by atoms with E-state index in [0.717, 1.165) is 0 Å². The van der Waals surface area contributed by atoms with Gasteiger partial charge in [-0.25, -0.2) is 4.39 Å². The average molecular weight is 374 g/mol. The van der Waals surface area contributed by atoms with Crippen molar-refractivity contribution in [1.29, 1.82) is 0 Å². The van der Waals surface area contributed by atoms with Gasteiger partial charge in [0, 0.05) is 10.8 Å². The van der Waals surface area contributed by atoms with Crippen LogP contribution in [0.15, 0.2) is 23.3 Å². The molecule has 1 aliphatic heterocycles. The van der Waals surface area contributed by atoms with Crippen molar-refractivity contribution in [3.05, 3.63) is 23.3 Å². The highest BCUT2D eigenvalue weighted by molar-refractivity contribution is 6.05. The number of alkyl halides is 1. The van der Waals surface area contributed by atoms with Crippen molar-refractivity contribution in [2.24, 2.45) is 22.7 Å². The Hall–Kier alpha value is -1.33. The van der Waals surface area contributed by atoms with E-state index >= 15 is 4.39 Å². The van der Waals surface area contributed by atoms with Crippen LogP contribution in [-0.4, -0.2) is 40.2 Å². The Morgan fingerprint density at radius 2 is 2.04 bits per heavy atom. The van der Waals surface area contributed by atoms with Crippen LogP contribution < -0.4 is 0 Å². The highest BCUT2D eigenvalue weighted by Crippen LogP contribution is 2.76.